The minimum Gasteiger partial charge on any atom is -0.397 e. The highest BCUT2D eigenvalue weighted by atomic mass is 79.9. The third kappa shape index (κ3) is 2.78. The first-order valence-corrected chi connectivity index (χ1v) is 7.98. The van der Waals surface area contributed by atoms with Gasteiger partial charge in [-0.05, 0) is 25.0 Å². The van der Waals surface area contributed by atoms with E-state index in [9.17, 15) is 0 Å². The third-order valence-corrected chi connectivity index (χ3v) is 4.55. The summed E-state index contributed by atoms with van der Waals surface area (Å²) in [6.07, 6.45) is 9.27. The van der Waals surface area contributed by atoms with Gasteiger partial charge in [-0.1, -0.05) is 48.0 Å². The molecule has 0 bridgehead atoms. The molecule has 0 radical (unpaired) electrons. The minimum atomic E-state index is 0.575. The first-order valence-electron chi connectivity index (χ1n) is 7.18. The summed E-state index contributed by atoms with van der Waals surface area (Å²) in [5, 5.41) is 0. The monoisotopic (exact) mass is 321 g/mol. The molecule has 1 aromatic heterocycles. The standard InChI is InChI=1S/C15H20BrN3/c16-11-8-12(17)14-13(9-11)18-15(19-14)10-6-4-2-1-3-5-7-10/h8-10H,1-7,17H2,(H,18,19). The van der Waals surface area contributed by atoms with Gasteiger partial charge < -0.3 is 10.7 Å². The van der Waals surface area contributed by atoms with Crippen molar-refractivity contribution in [2.45, 2.75) is 50.9 Å². The van der Waals surface area contributed by atoms with E-state index in [0.717, 1.165) is 27.0 Å². The number of nitrogens with one attached hydrogen (secondary N) is 1. The lowest BCUT2D eigenvalue weighted by atomic mass is 9.91. The molecule has 1 aliphatic rings. The average molecular weight is 322 g/mol. The van der Waals surface area contributed by atoms with E-state index >= 15 is 0 Å². The summed E-state index contributed by atoms with van der Waals surface area (Å²) in [6, 6.07) is 3.98. The molecule has 3 rings (SSSR count). The number of imidazole rings is 1. The molecule has 1 aromatic carbocycles. The molecule has 1 fully saturated rings. The van der Waals surface area contributed by atoms with Crippen molar-refractivity contribution in [2.24, 2.45) is 0 Å². The first kappa shape index (κ1) is 13.0. The lowest BCUT2D eigenvalue weighted by Crippen LogP contribution is -2.04. The third-order valence-electron chi connectivity index (χ3n) is 4.09. The topological polar surface area (TPSA) is 54.7 Å². The molecule has 0 saturated heterocycles. The number of benzene rings is 1. The van der Waals surface area contributed by atoms with Crippen LogP contribution in [-0.4, -0.2) is 9.97 Å². The zero-order valence-electron chi connectivity index (χ0n) is 11.1. The number of aromatic amines is 1. The van der Waals surface area contributed by atoms with Crippen molar-refractivity contribution in [1.82, 2.24) is 9.97 Å². The SMILES string of the molecule is Nc1cc(Br)cc2[nH]c(C3CCCCCCC3)nc12. The van der Waals surface area contributed by atoms with Gasteiger partial charge in [-0.15, -0.1) is 0 Å². The second-order valence-corrected chi connectivity index (χ2v) is 6.47. The molecule has 0 aliphatic heterocycles. The van der Waals surface area contributed by atoms with Crippen LogP contribution in [0, 0.1) is 0 Å². The maximum absolute atomic E-state index is 6.04. The van der Waals surface area contributed by atoms with Crippen LogP contribution in [0.15, 0.2) is 16.6 Å². The summed E-state index contributed by atoms with van der Waals surface area (Å²) in [7, 11) is 0. The molecule has 1 saturated carbocycles. The Labute approximate surface area is 122 Å². The zero-order chi connectivity index (χ0) is 13.2. The van der Waals surface area contributed by atoms with Gasteiger partial charge in [-0.3, -0.25) is 0 Å². The minimum absolute atomic E-state index is 0.575. The fraction of sp³-hybridized carbons (Fsp3) is 0.533. The van der Waals surface area contributed by atoms with Gasteiger partial charge >= 0.3 is 0 Å². The van der Waals surface area contributed by atoms with Crippen LogP contribution >= 0.6 is 15.9 Å². The molecule has 2 aromatic rings. The van der Waals surface area contributed by atoms with Gasteiger partial charge in [0.05, 0.1) is 11.2 Å². The second kappa shape index (κ2) is 5.53. The smallest absolute Gasteiger partial charge is 0.112 e. The summed E-state index contributed by atoms with van der Waals surface area (Å²) in [4.78, 5) is 8.22. The number of halogens is 1. The van der Waals surface area contributed by atoms with Crippen LogP contribution in [0.1, 0.15) is 56.7 Å². The molecule has 3 nitrogen and oxygen atoms in total. The van der Waals surface area contributed by atoms with Crippen LogP contribution in [0.2, 0.25) is 0 Å². The van der Waals surface area contributed by atoms with Crippen LogP contribution in [0.3, 0.4) is 0 Å². The highest BCUT2D eigenvalue weighted by Crippen LogP contribution is 2.32. The Kier molecular flexibility index (Phi) is 3.78. The summed E-state index contributed by atoms with van der Waals surface area (Å²) in [5.41, 5.74) is 8.75. The predicted octanol–water partition coefficient (Wildman–Crippen LogP) is 4.74. The van der Waals surface area contributed by atoms with Gasteiger partial charge in [0.25, 0.3) is 0 Å². The Balaban J connectivity index is 1.93. The number of nitrogens with zero attached hydrogens (tertiary/aromatic N) is 1. The molecule has 0 atom stereocenters. The number of hydrogen-bond acceptors (Lipinski definition) is 2. The summed E-state index contributed by atoms with van der Waals surface area (Å²) in [6.45, 7) is 0. The number of nitrogens with two attached hydrogens (primary N) is 1. The number of aromatic nitrogens is 2. The second-order valence-electron chi connectivity index (χ2n) is 5.56. The van der Waals surface area contributed by atoms with Gasteiger partial charge in [0.1, 0.15) is 11.3 Å². The van der Waals surface area contributed by atoms with Crippen molar-refractivity contribution in [3.63, 3.8) is 0 Å². The summed E-state index contributed by atoms with van der Waals surface area (Å²) >= 11 is 3.48. The highest BCUT2D eigenvalue weighted by Gasteiger charge is 2.18. The van der Waals surface area contributed by atoms with E-state index < -0.39 is 0 Å². The zero-order valence-corrected chi connectivity index (χ0v) is 12.7. The Bertz CT molecular complexity index is 568. The average Bonchev–Trinajstić information content (AvgIpc) is 2.72. The molecule has 102 valence electrons. The Morgan fingerprint density at radius 2 is 1.79 bits per heavy atom. The molecular formula is C15H20BrN3. The highest BCUT2D eigenvalue weighted by molar-refractivity contribution is 9.10. The fourth-order valence-electron chi connectivity index (χ4n) is 3.05. The van der Waals surface area contributed by atoms with Gasteiger partial charge in [-0.25, -0.2) is 4.98 Å². The lowest BCUT2D eigenvalue weighted by Gasteiger charge is -2.17. The molecule has 0 amide bonds. The van der Waals surface area contributed by atoms with Crippen molar-refractivity contribution >= 4 is 32.7 Å². The number of hydrogen-bond donors (Lipinski definition) is 2. The molecule has 3 N–H and O–H groups in total. The van der Waals surface area contributed by atoms with Crippen LogP contribution in [0.5, 0.6) is 0 Å². The number of nitrogen functional groups attached to an aromatic ring is 1. The number of fused-ring (bicyclic) bond motifs is 1. The molecule has 1 aliphatic carbocycles. The Morgan fingerprint density at radius 1 is 1.11 bits per heavy atom. The van der Waals surface area contributed by atoms with Crippen molar-refractivity contribution in [1.29, 1.82) is 0 Å². The fourth-order valence-corrected chi connectivity index (χ4v) is 3.53. The van der Waals surface area contributed by atoms with Crippen LogP contribution in [-0.2, 0) is 0 Å². The van der Waals surface area contributed by atoms with Crippen molar-refractivity contribution in [3.8, 4) is 0 Å². The van der Waals surface area contributed by atoms with Crippen molar-refractivity contribution in [3.05, 3.63) is 22.4 Å². The molecule has 4 heteroatoms. The lowest BCUT2D eigenvalue weighted by molar-refractivity contribution is 0.445. The molecular weight excluding hydrogens is 302 g/mol. The predicted molar refractivity (Wildman–Crippen MR) is 83.3 cm³/mol. The van der Waals surface area contributed by atoms with Gasteiger partial charge in [0.2, 0.25) is 0 Å². The first-order chi connectivity index (χ1) is 9.24. The van der Waals surface area contributed by atoms with Crippen molar-refractivity contribution < 1.29 is 0 Å². The molecule has 1 heterocycles. The summed E-state index contributed by atoms with van der Waals surface area (Å²) in [5.74, 6) is 1.70. The van der Waals surface area contributed by atoms with E-state index in [1.54, 1.807) is 0 Å². The largest absolute Gasteiger partial charge is 0.397 e. The van der Waals surface area contributed by atoms with Gasteiger partial charge in [0.15, 0.2) is 0 Å². The number of H-pyrrole nitrogens is 1. The Morgan fingerprint density at radius 3 is 2.53 bits per heavy atom. The van der Waals surface area contributed by atoms with E-state index in [2.05, 4.69) is 27.0 Å². The van der Waals surface area contributed by atoms with Gasteiger partial charge in [0, 0.05) is 10.4 Å². The van der Waals surface area contributed by atoms with E-state index in [0.29, 0.717) is 5.92 Å². The van der Waals surface area contributed by atoms with E-state index in [1.807, 2.05) is 6.07 Å². The van der Waals surface area contributed by atoms with Crippen LogP contribution in [0.25, 0.3) is 11.0 Å². The van der Waals surface area contributed by atoms with E-state index in [1.165, 1.54) is 44.9 Å². The van der Waals surface area contributed by atoms with Crippen LogP contribution in [0.4, 0.5) is 5.69 Å². The van der Waals surface area contributed by atoms with Crippen molar-refractivity contribution in [2.75, 3.05) is 5.73 Å². The molecule has 0 unspecified atom stereocenters. The van der Waals surface area contributed by atoms with Crippen LogP contribution < -0.4 is 5.73 Å². The number of rotatable bonds is 1. The maximum Gasteiger partial charge on any atom is 0.112 e. The Hall–Kier alpha value is -1.03. The molecule has 0 spiro atoms. The quantitative estimate of drug-likeness (QED) is 0.745. The summed E-state index contributed by atoms with van der Waals surface area (Å²) < 4.78 is 1.00. The maximum atomic E-state index is 6.04. The van der Waals surface area contributed by atoms with E-state index in [-0.39, 0.29) is 0 Å². The normalized spacial score (nSPS) is 18.4. The van der Waals surface area contributed by atoms with Gasteiger partial charge in [-0.2, -0.15) is 0 Å². The molecule has 19 heavy (non-hydrogen) atoms. The van der Waals surface area contributed by atoms with E-state index in [4.69, 9.17) is 10.7 Å². The number of anilines is 1.